The minimum absolute atomic E-state index is 0.294. The highest BCUT2D eigenvalue weighted by Crippen LogP contribution is 2.25. The van der Waals surface area contributed by atoms with Crippen molar-refractivity contribution >= 4 is 21.6 Å². The predicted molar refractivity (Wildman–Crippen MR) is 87.5 cm³/mol. The van der Waals surface area contributed by atoms with Gasteiger partial charge in [-0.15, -0.1) is 0 Å². The van der Waals surface area contributed by atoms with Gasteiger partial charge in [0.25, 0.3) is 0 Å². The van der Waals surface area contributed by atoms with E-state index in [4.69, 9.17) is 15.2 Å². The minimum Gasteiger partial charge on any atom is -0.383 e. The van der Waals surface area contributed by atoms with Gasteiger partial charge in [-0.1, -0.05) is 22.0 Å². The maximum absolute atomic E-state index is 5.62. The second-order valence-corrected chi connectivity index (χ2v) is 5.66. The smallest absolute Gasteiger partial charge is 0.0663 e. The second-order valence-electron chi connectivity index (χ2n) is 4.80. The molecule has 1 aromatic carbocycles. The van der Waals surface area contributed by atoms with Crippen LogP contribution in [0.15, 0.2) is 22.7 Å². The molecule has 0 saturated carbocycles. The van der Waals surface area contributed by atoms with Gasteiger partial charge in [0.1, 0.15) is 0 Å². The van der Waals surface area contributed by atoms with Crippen molar-refractivity contribution in [3.63, 3.8) is 0 Å². The average molecular weight is 345 g/mol. The van der Waals surface area contributed by atoms with Crippen LogP contribution in [-0.2, 0) is 15.9 Å². The van der Waals surface area contributed by atoms with Crippen molar-refractivity contribution < 1.29 is 9.47 Å². The molecule has 0 aliphatic carbocycles. The normalized spacial score (nSPS) is 12.4. The number of hydrogen-bond acceptors (Lipinski definition) is 4. The van der Waals surface area contributed by atoms with E-state index in [1.165, 1.54) is 11.3 Å². The first kappa shape index (κ1) is 17.4. The monoisotopic (exact) mass is 344 g/mol. The maximum atomic E-state index is 5.62. The summed E-state index contributed by atoms with van der Waals surface area (Å²) in [5.74, 6) is 0. The Hall–Kier alpha value is -0.620. The van der Waals surface area contributed by atoms with Gasteiger partial charge >= 0.3 is 0 Å². The van der Waals surface area contributed by atoms with Gasteiger partial charge in [0, 0.05) is 37.0 Å². The topological polar surface area (TPSA) is 47.7 Å². The first-order valence-corrected chi connectivity index (χ1v) is 7.66. The zero-order valence-corrected chi connectivity index (χ0v) is 14.1. The number of nitrogens with zero attached hydrogens (tertiary/aromatic N) is 1. The van der Waals surface area contributed by atoms with Gasteiger partial charge in [0.2, 0.25) is 0 Å². The van der Waals surface area contributed by atoms with E-state index in [1.54, 1.807) is 14.2 Å². The molecule has 1 atom stereocenters. The fourth-order valence-corrected chi connectivity index (χ4v) is 2.76. The van der Waals surface area contributed by atoms with E-state index in [1.807, 2.05) is 0 Å². The van der Waals surface area contributed by atoms with Crippen molar-refractivity contribution in [1.29, 1.82) is 0 Å². The number of halogens is 1. The number of anilines is 1. The Kier molecular flexibility index (Phi) is 8.14. The summed E-state index contributed by atoms with van der Waals surface area (Å²) in [4.78, 5) is 2.30. The minimum atomic E-state index is 0.294. The van der Waals surface area contributed by atoms with Crippen molar-refractivity contribution in [2.45, 2.75) is 19.4 Å². The van der Waals surface area contributed by atoms with E-state index in [0.717, 1.165) is 17.4 Å². The molecular weight excluding hydrogens is 320 g/mol. The molecule has 2 N–H and O–H groups in total. The molecule has 0 aliphatic rings. The van der Waals surface area contributed by atoms with E-state index in [0.29, 0.717) is 25.8 Å². The number of ether oxygens (including phenoxy) is 2. The number of benzene rings is 1. The summed E-state index contributed by atoms with van der Waals surface area (Å²) in [6.45, 7) is 5.03. The molecule has 0 amide bonds. The molecule has 0 fully saturated rings. The van der Waals surface area contributed by atoms with E-state index in [2.05, 4.69) is 46.0 Å². The number of nitrogens with two attached hydrogens (primary N) is 1. The van der Waals surface area contributed by atoms with Crippen LogP contribution >= 0.6 is 15.9 Å². The van der Waals surface area contributed by atoms with Crippen LogP contribution in [0.2, 0.25) is 0 Å². The summed E-state index contributed by atoms with van der Waals surface area (Å²) in [7, 11) is 3.45. The van der Waals surface area contributed by atoms with Crippen LogP contribution in [0.1, 0.15) is 12.5 Å². The van der Waals surface area contributed by atoms with Crippen molar-refractivity contribution in [1.82, 2.24) is 0 Å². The van der Waals surface area contributed by atoms with Gasteiger partial charge in [-0.25, -0.2) is 0 Å². The third kappa shape index (κ3) is 5.05. The molecule has 0 aromatic heterocycles. The first-order chi connectivity index (χ1) is 9.63. The standard InChI is InChI=1S/C15H25BrN2O2/c1-12(11-20-3)18(8-9-19-2)14-5-4-13(6-7-17)15(16)10-14/h4-5,10,12H,6-9,11,17H2,1-3H3. The molecule has 5 heteroatoms. The Balaban J connectivity index is 2.91. The van der Waals surface area contributed by atoms with E-state index >= 15 is 0 Å². The SMILES string of the molecule is COCCN(c1ccc(CCN)c(Br)c1)C(C)COC. The maximum Gasteiger partial charge on any atom is 0.0663 e. The molecular formula is C15H25BrN2O2. The average Bonchev–Trinajstić information content (AvgIpc) is 2.42. The number of rotatable bonds is 9. The van der Waals surface area contributed by atoms with Crippen LogP contribution in [0.5, 0.6) is 0 Å². The van der Waals surface area contributed by atoms with Crippen LogP contribution in [0.25, 0.3) is 0 Å². The van der Waals surface area contributed by atoms with Crippen LogP contribution in [0.3, 0.4) is 0 Å². The van der Waals surface area contributed by atoms with Crippen molar-refractivity contribution in [2.75, 3.05) is 45.4 Å². The Morgan fingerprint density at radius 1 is 1.30 bits per heavy atom. The van der Waals surface area contributed by atoms with Crippen LogP contribution < -0.4 is 10.6 Å². The summed E-state index contributed by atoms with van der Waals surface area (Å²) in [5, 5.41) is 0. The van der Waals surface area contributed by atoms with Gasteiger partial charge in [0.15, 0.2) is 0 Å². The van der Waals surface area contributed by atoms with Gasteiger partial charge in [-0.3, -0.25) is 0 Å². The van der Waals surface area contributed by atoms with Crippen molar-refractivity contribution in [3.8, 4) is 0 Å². The fourth-order valence-electron chi connectivity index (χ4n) is 2.20. The number of methoxy groups -OCH3 is 2. The molecule has 114 valence electrons. The fraction of sp³-hybridized carbons (Fsp3) is 0.600. The van der Waals surface area contributed by atoms with Gasteiger partial charge in [0.05, 0.1) is 13.2 Å². The van der Waals surface area contributed by atoms with Crippen molar-refractivity contribution in [2.24, 2.45) is 5.73 Å². The third-order valence-corrected chi connectivity index (χ3v) is 4.00. The van der Waals surface area contributed by atoms with E-state index < -0.39 is 0 Å². The summed E-state index contributed by atoms with van der Waals surface area (Å²) in [6.07, 6.45) is 0.882. The quantitative estimate of drug-likeness (QED) is 0.747. The lowest BCUT2D eigenvalue weighted by molar-refractivity contribution is 0.171. The Labute approximate surface area is 130 Å². The largest absolute Gasteiger partial charge is 0.383 e. The first-order valence-electron chi connectivity index (χ1n) is 6.87. The zero-order valence-electron chi connectivity index (χ0n) is 12.6. The molecule has 1 rings (SSSR count). The Bertz CT molecular complexity index is 401. The molecule has 0 spiro atoms. The highest BCUT2D eigenvalue weighted by Gasteiger charge is 2.15. The van der Waals surface area contributed by atoms with Gasteiger partial charge < -0.3 is 20.1 Å². The molecule has 0 saturated heterocycles. The van der Waals surface area contributed by atoms with Gasteiger partial charge in [-0.2, -0.15) is 0 Å². The molecule has 0 bridgehead atoms. The highest BCUT2D eigenvalue weighted by atomic mass is 79.9. The van der Waals surface area contributed by atoms with Crippen LogP contribution in [0.4, 0.5) is 5.69 Å². The summed E-state index contributed by atoms with van der Waals surface area (Å²) in [6, 6.07) is 6.71. The zero-order chi connectivity index (χ0) is 15.0. The lowest BCUT2D eigenvalue weighted by atomic mass is 10.1. The lowest BCUT2D eigenvalue weighted by Crippen LogP contribution is -2.38. The molecule has 1 unspecified atom stereocenters. The molecule has 0 radical (unpaired) electrons. The highest BCUT2D eigenvalue weighted by molar-refractivity contribution is 9.10. The summed E-state index contributed by atoms with van der Waals surface area (Å²) in [5.41, 5.74) is 8.02. The predicted octanol–water partition coefficient (Wildman–Crippen LogP) is 2.44. The van der Waals surface area contributed by atoms with E-state index in [-0.39, 0.29) is 0 Å². The molecule has 4 nitrogen and oxygen atoms in total. The van der Waals surface area contributed by atoms with Crippen molar-refractivity contribution in [3.05, 3.63) is 28.2 Å². The Morgan fingerprint density at radius 2 is 2.05 bits per heavy atom. The third-order valence-electron chi connectivity index (χ3n) is 3.26. The van der Waals surface area contributed by atoms with Crippen LogP contribution in [-0.4, -0.2) is 46.6 Å². The summed E-state index contributed by atoms with van der Waals surface area (Å²) >= 11 is 3.63. The molecule has 0 heterocycles. The van der Waals surface area contributed by atoms with E-state index in [9.17, 15) is 0 Å². The summed E-state index contributed by atoms with van der Waals surface area (Å²) < 4.78 is 11.6. The Morgan fingerprint density at radius 3 is 2.60 bits per heavy atom. The van der Waals surface area contributed by atoms with Crippen LogP contribution in [0, 0.1) is 0 Å². The second kappa shape index (κ2) is 9.34. The lowest BCUT2D eigenvalue weighted by Gasteiger charge is -2.31. The molecule has 1 aromatic rings. The molecule has 20 heavy (non-hydrogen) atoms. The van der Waals surface area contributed by atoms with Gasteiger partial charge in [-0.05, 0) is 37.6 Å². The number of hydrogen-bond donors (Lipinski definition) is 1. The molecule has 0 aliphatic heterocycles.